The second-order valence-electron chi connectivity index (χ2n) is 3.42. The molecule has 0 radical (unpaired) electrons. The number of hydrogen-bond donors (Lipinski definition) is 2. The lowest BCUT2D eigenvalue weighted by molar-refractivity contribution is -0.384. The summed E-state index contributed by atoms with van der Waals surface area (Å²) >= 11 is 1.10. The van der Waals surface area contributed by atoms with Gasteiger partial charge in [-0.25, -0.2) is 13.4 Å². The number of nitro benzene ring substituents is 1. The normalized spacial score (nSPS) is 11.2. The molecule has 0 unspecified atom stereocenters. The third kappa shape index (κ3) is 2.80. The molecule has 0 bridgehead atoms. The van der Waals surface area contributed by atoms with Crippen molar-refractivity contribution < 1.29 is 13.3 Å². The van der Waals surface area contributed by atoms with E-state index in [9.17, 15) is 18.5 Å². The van der Waals surface area contributed by atoms with Crippen LogP contribution in [-0.2, 0) is 10.0 Å². The topological polar surface area (TPSA) is 128 Å². The molecule has 0 saturated carbocycles. The highest BCUT2D eigenvalue weighted by molar-refractivity contribution is 7.93. The van der Waals surface area contributed by atoms with E-state index in [4.69, 9.17) is 5.73 Å². The van der Waals surface area contributed by atoms with Crippen LogP contribution in [0.5, 0.6) is 0 Å². The molecule has 0 amide bonds. The van der Waals surface area contributed by atoms with Gasteiger partial charge in [0.15, 0.2) is 5.13 Å². The van der Waals surface area contributed by atoms with Crippen molar-refractivity contribution in [3.8, 4) is 0 Å². The lowest BCUT2D eigenvalue weighted by Crippen LogP contribution is -2.13. The lowest BCUT2D eigenvalue weighted by atomic mass is 10.3. The van der Waals surface area contributed by atoms with Crippen LogP contribution in [0.4, 0.5) is 16.5 Å². The average Bonchev–Trinajstić information content (AvgIpc) is 2.80. The predicted octanol–water partition coefficient (Wildman–Crippen LogP) is 1.43. The van der Waals surface area contributed by atoms with E-state index in [1.807, 2.05) is 0 Å². The number of nitrogen functional groups attached to an aromatic ring is 1. The van der Waals surface area contributed by atoms with Crippen molar-refractivity contribution in [2.45, 2.75) is 4.90 Å². The SMILES string of the molecule is Nc1ccc(S(=O)(=O)Nc2nccs2)cc1[N+](=O)[O-]. The maximum Gasteiger partial charge on any atom is 0.293 e. The van der Waals surface area contributed by atoms with Gasteiger partial charge in [-0.3, -0.25) is 14.8 Å². The molecular formula is C9H8N4O4S2. The van der Waals surface area contributed by atoms with Gasteiger partial charge < -0.3 is 5.73 Å². The zero-order chi connectivity index (χ0) is 14.0. The summed E-state index contributed by atoms with van der Waals surface area (Å²) in [6.07, 6.45) is 1.44. The maximum absolute atomic E-state index is 12.0. The fourth-order valence-corrected chi connectivity index (χ4v) is 3.10. The van der Waals surface area contributed by atoms with E-state index in [1.165, 1.54) is 18.3 Å². The molecule has 100 valence electrons. The number of benzene rings is 1. The summed E-state index contributed by atoms with van der Waals surface area (Å²) in [6.45, 7) is 0. The Kier molecular flexibility index (Phi) is 3.36. The molecule has 0 aliphatic heterocycles. The Balaban J connectivity index is 2.41. The van der Waals surface area contributed by atoms with E-state index >= 15 is 0 Å². The predicted molar refractivity (Wildman–Crippen MR) is 70.4 cm³/mol. The molecule has 0 aliphatic carbocycles. The van der Waals surface area contributed by atoms with Crippen molar-refractivity contribution in [1.82, 2.24) is 4.98 Å². The van der Waals surface area contributed by atoms with Crippen molar-refractivity contribution in [1.29, 1.82) is 0 Å². The van der Waals surface area contributed by atoms with Crippen LogP contribution in [0.2, 0.25) is 0 Å². The van der Waals surface area contributed by atoms with Gasteiger partial charge in [0, 0.05) is 17.6 Å². The number of hydrogen-bond acceptors (Lipinski definition) is 7. The smallest absolute Gasteiger partial charge is 0.293 e. The number of anilines is 2. The molecule has 0 saturated heterocycles. The van der Waals surface area contributed by atoms with Gasteiger partial charge in [0.2, 0.25) is 0 Å². The highest BCUT2D eigenvalue weighted by Gasteiger charge is 2.20. The molecule has 2 rings (SSSR count). The molecule has 19 heavy (non-hydrogen) atoms. The summed E-state index contributed by atoms with van der Waals surface area (Å²) in [6, 6.07) is 3.28. The third-order valence-corrected chi connectivity index (χ3v) is 4.32. The molecule has 0 spiro atoms. The monoisotopic (exact) mass is 300 g/mol. The number of nitrogens with two attached hydrogens (primary N) is 1. The van der Waals surface area contributed by atoms with Crippen LogP contribution in [0.25, 0.3) is 0 Å². The second kappa shape index (κ2) is 4.82. The summed E-state index contributed by atoms with van der Waals surface area (Å²) in [4.78, 5) is 13.5. The van der Waals surface area contributed by atoms with E-state index in [1.54, 1.807) is 5.38 Å². The number of nitrogens with one attached hydrogen (secondary N) is 1. The van der Waals surface area contributed by atoms with Crippen molar-refractivity contribution in [2.75, 3.05) is 10.5 Å². The number of rotatable bonds is 4. The molecule has 0 aliphatic rings. The minimum atomic E-state index is -3.92. The van der Waals surface area contributed by atoms with Gasteiger partial charge in [0.05, 0.1) is 9.82 Å². The van der Waals surface area contributed by atoms with Crippen LogP contribution in [0, 0.1) is 10.1 Å². The maximum atomic E-state index is 12.0. The number of nitrogens with zero attached hydrogens (tertiary/aromatic N) is 2. The Labute approximate surface area is 112 Å². The van der Waals surface area contributed by atoms with E-state index < -0.39 is 20.6 Å². The Bertz CT molecular complexity index is 712. The second-order valence-corrected chi connectivity index (χ2v) is 6.00. The highest BCUT2D eigenvalue weighted by atomic mass is 32.2. The fraction of sp³-hybridized carbons (Fsp3) is 0. The summed E-state index contributed by atoms with van der Waals surface area (Å²) in [7, 11) is -3.92. The molecule has 1 heterocycles. The fourth-order valence-electron chi connectivity index (χ4n) is 1.30. The van der Waals surface area contributed by atoms with E-state index in [-0.39, 0.29) is 15.7 Å². The molecule has 1 aromatic carbocycles. The van der Waals surface area contributed by atoms with E-state index in [0.717, 1.165) is 17.4 Å². The molecule has 3 N–H and O–H groups in total. The third-order valence-electron chi connectivity index (χ3n) is 2.16. The van der Waals surface area contributed by atoms with Crippen LogP contribution in [0.3, 0.4) is 0 Å². The molecule has 2 aromatic rings. The number of nitro groups is 1. The molecule has 1 aromatic heterocycles. The Hall–Kier alpha value is -2.20. The zero-order valence-electron chi connectivity index (χ0n) is 9.31. The standard InChI is InChI=1S/C9H8N4O4S2/c10-7-2-1-6(5-8(7)13(14)15)19(16,17)12-9-11-3-4-18-9/h1-5H,10H2,(H,11,12). The van der Waals surface area contributed by atoms with Crippen LogP contribution in [-0.4, -0.2) is 18.3 Å². The Morgan fingerprint density at radius 1 is 1.42 bits per heavy atom. The number of aromatic nitrogens is 1. The first-order chi connectivity index (χ1) is 8.90. The summed E-state index contributed by atoms with van der Waals surface area (Å²) in [5, 5.41) is 12.5. The average molecular weight is 300 g/mol. The van der Waals surface area contributed by atoms with Gasteiger partial charge in [0.1, 0.15) is 5.69 Å². The van der Waals surface area contributed by atoms with E-state index in [0.29, 0.717) is 0 Å². The Morgan fingerprint density at radius 3 is 2.74 bits per heavy atom. The van der Waals surface area contributed by atoms with Gasteiger partial charge in [0.25, 0.3) is 15.7 Å². The van der Waals surface area contributed by atoms with Crippen molar-refractivity contribution in [2.24, 2.45) is 0 Å². The van der Waals surface area contributed by atoms with Gasteiger partial charge in [-0.1, -0.05) is 0 Å². The lowest BCUT2D eigenvalue weighted by Gasteiger charge is -2.05. The minimum absolute atomic E-state index is 0.0989. The van der Waals surface area contributed by atoms with Gasteiger partial charge >= 0.3 is 0 Å². The first kappa shape index (κ1) is 13.2. The van der Waals surface area contributed by atoms with Crippen molar-refractivity contribution in [3.05, 3.63) is 39.9 Å². The Morgan fingerprint density at radius 2 is 2.16 bits per heavy atom. The van der Waals surface area contributed by atoms with Crippen LogP contribution in [0.15, 0.2) is 34.7 Å². The van der Waals surface area contributed by atoms with Crippen molar-refractivity contribution >= 4 is 37.9 Å². The summed E-state index contributed by atoms with van der Waals surface area (Å²) < 4.78 is 26.2. The molecule has 0 atom stereocenters. The molecule has 10 heteroatoms. The molecule has 8 nitrogen and oxygen atoms in total. The first-order valence-electron chi connectivity index (χ1n) is 4.86. The number of sulfonamides is 1. The molecule has 0 fully saturated rings. The van der Waals surface area contributed by atoms with Crippen molar-refractivity contribution in [3.63, 3.8) is 0 Å². The quantitative estimate of drug-likeness (QED) is 0.499. The summed E-state index contributed by atoms with van der Waals surface area (Å²) in [5.41, 5.74) is 4.85. The highest BCUT2D eigenvalue weighted by Crippen LogP contribution is 2.26. The largest absolute Gasteiger partial charge is 0.393 e. The van der Waals surface area contributed by atoms with Crippen LogP contribution in [0.1, 0.15) is 0 Å². The number of thiazole rings is 1. The summed E-state index contributed by atoms with van der Waals surface area (Å²) in [5.74, 6) is 0. The van der Waals surface area contributed by atoms with Crippen LogP contribution >= 0.6 is 11.3 Å². The first-order valence-corrected chi connectivity index (χ1v) is 7.22. The van der Waals surface area contributed by atoms with Gasteiger partial charge in [-0.05, 0) is 12.1 Å². The van der Waals surface area contributed by atoms with E-state index in [2.05, 4.69) is 9.71 Å². The zero-order valence-corrected chi connectivity index (χ0v) is 10.9. The van der Waals surface area contributed by atoms with Crippen LogP contribution < -0.4 is 10.5 Å². The van der Waals surface area contributed by atoms with Gasteiger partial charge in [-0.2, -0.15) is 0 Å². The molecular weight excluding hydrogens is 292 g/mol. The van der Waals surface area contributed by atoms with Gasteiger partial charge in [-0.15, -0.1) is 11.3 Å². The minimum Gasteiger partial charge on any atom is -0.393 e.